The number of hydrogen-bond donors (Lipinski definition) is 2. The number of carboxylic acids is 1. The monoisotopic (exact) mass is 350 g/mol. The largest absolute Gasteiger partial charge is 0.478 e. The van der Waals surface area contributed by atoms with Gasteiger partial charge in [0.25, 0.3) is 5.91 Å². The molecule has 3 rings (SSSR count). The van der Waals surface area contributed by atoms with Gasteiger partial charge in [0.05, 0.1) is 23.5 Å². The number of carbonyl (C=O) groups excluding carboxylic acids is 1. The molecule has 6 nitrogen and oxygen atoms in total. The first-order valence-electron chi connectivity index (χ1n) is 7.99. The average molecular weight is 350 g/mol. The molecule has 26 heavy (non-hydrogen) atoms. The second kappa shape index (κ2) is 7.67. The highest BCUT2D eigenvalue weighted by atomic mass is 16.5. The summed E-state index contributed by atoms with van der Waals surface area (Å²) in [4.78, 5) is 24.0. The summed E-state index contributed by atoms with van der Waals surface area (Å²) in [6, 6.07) is 15.7. The van der Waals surface area contributed by atoms with Gasteiger partial charge in [-0.3, -0.25) is 4.79 Å². The lowest BCUT2D eigenvalue weighted by Crippen LogP contribution is -2.15. The minimum atomic E-state index is -1.05. The van der Waals surface area contributed by atoms with E-state index in [1.54, 1.807) is 6.07 Å². The maximum absolute atomic E-state index is 12.7. The van der Waals surface area contributed by atoms with Crippen molar-refractivity contribution < 1.29 is 19.4 Å². The third kappa shape index (κ3) is 3.65. The number of carboxylic acid groups (broad SMARTS) is 1. The Bertz CT molecular complexity index is 933. The van der Waals surface area contributed by atoms with Gasteiger partial charge in [0.1, 0.15) is 0 Å². The number of aromatic nitrogens is 1. The van der Waals surface area contributed by atoms with E-state index in [0.717, 1.165) is 5.69 Å². The fourth-order valence-electron chi connectivity index (χ4n) is 2.71. The van der Waals surface area contributed by atoms with Crippen LogP contribution in [-0.4, -0.2) is 28.7 Å². The molecule has 0 bridgehead atoms. The standard InChI is InChI=1S/C20H18N2O4/c1-26-13-15-12-14(8-9-16(15)20(24)25)19(23)21-17-6-2-3-7-18(17)22-10-4-5-11-22/h2-12H,13H2,1H3,(H,21,23)(H,24,25). The van der Waals surface area contributed by atoms with Crippen LogP contribution in [0.4, 0.5) is 5.69 Å². The summed E-state index contributed by atoms with van der Waals surface area (Å²) in [7, 11) is 1.48. The van der Waals surface area contributed by atoms with E-state index in [1.165, 1.54) is 19.2 Å². The van der Waals surface area contributed by atoms with E-state index in [0.29, 0.717) is 16.8 Å². The van der Waals surface area contributed by atoms with E-state index in [4.69, 9.17) is 4.74 Å². The number of hydrogen-bond acceptors (Lipinski definition) is 3. The van der Waals surface area contributed by atoms with Crippen molar-refractivity contribution in [2.45, 2.75) is 6.61 Å². The van der Waals surface area contributed by atoms with E-state index >= 15 is 0 Å². The molecule has 2 aromatic carbocycles. The highest BCUT2D eigenvalue weighted by molar-refractivity contribution is 6.06. The molecule has 1 amide bonds. The quantitative estimate of drug-likeness (QED) is 0.712. The fraction of sp³-hybridized carbons (Fsp3) is 0.100. The summed E-state index contributed by atoms with van der Waals surface area (Å²) < 4.78 is 6.94. The number of benzene rings is 2. The van der Waals surface area contributed by atoms with E-state index in [1.807, 2.05) is 53.4 Å². The van der Waals surface area contributed by atoms with Crippen LogP contribution < -0.4 is 5.32 Å². The minimum Gasteiger partial charge on any atom is -0.478 e. The zero-order valence-corrected chi connectivity index (χ0v) is 14.2. The lowest BCUT2D eigenvalue weighted by molar-refractivity contribution is 0.0691. The van der Waals surface area contributed by atoms with Crippen molar-refractivity contribution in [3.63, 3.8) is 0 Å². The first-order chi connectivity index (χ1) is 12.6. The van der Waals surface area contributed by atoms with Gasteiger partial charge in [-0.2, -0.15) is 0 Å². The maximum Gasteiger partial charge on any atom is 0.336 e. The molecule has 1 aromatic heterocycles. The van der Waals surface area contributed by atoms with Crippen LogP contribution in [0.3, 0.4) is 0 Å². The smallest absolute Gasteiger partial charge is 0.336 e. The number of anilines is 1. The molecule has 1 heterocycles. The van der Waals surface area contributed by atoms with Crippen molar-refractivity contribution in [2.75, 3.05) is 12.4 Å². The van der Waals surface area contributed by atoms with Crippen molar-refractivity contribution >= 4 is 17.6 Å². The number of carbonyl (C=O) groups is 2. The number of nitrogens with zero attached hydrogens (tertiary/aromatic N) is 1. The van der Waals surface area contributed by atoms with Crippen LogP contribution in [0.25, 0.3) is 5.69 Å². The highest BCUT2D eigenvalue weighted by Gasteiger charge is 2.15. The van der Waals surface area contributed by atoms with Crippen LogP contribution in [0.1, 0.15) is 26.3 Å². The molecule has 0 saturated carbocycles. The summed E-state index contributed by atoms with van der Waals surface area (Å²) in [5.41, 5.74) is 2.43. The summed E-state index contributed by atoms with van der Waals surface area (Å²) in [6.45, 7) is 0.114. The van der Waals surface area contributed by atoms with Gasteiger partial charge < -0.3 is 19.7 Å². The molecule has 0 spiro atoms. The second-order valence-corrected chi connectivity index (χ2v) is 5.67. The van der Waals surface area contributed by atoms with Gasteiger partial charge in [0.15, 0.2) is 0 Å². The van der Waals surface area contributed by atoms with Crippen molar-refractivity contribution in [3.05, 3.63) is 83.7 Å². The highest BCUT2D eigenvalue weighted by Crippen LogP contribution is 2.21. The number of ether oxygens (including phenoxy) is 1. The summed E-state index contributed by atoms with van der Waals surface area (Å²) in [5, 5.41) is 12.1. The Hall–Kier alpha value is -3.38. The van der Waals surface area contributed by atoms with Gasteiger partial charge in [-0.15, -0.1) is 0 Å². The topological polar surface area (TPSA) is 80.6 Å². The molecule has 3 aromatic rings. The number of aromatic carboxylic acids is 1. The van der Waals surface area contributed by atoms with Gasteiger partial charge in [0.2, 0.25) is 0 Å². The first-order valence-corrected chi connectivity index (χ1v) is 7.99. The van der Waals surface area contributed by atoms with Crippen LogP contribution in [0.2, 0.25) is 0 Å². The van der Waals surface area contributed by atoms with Crippen molar-refractivity contribution in [1.82, 2.24) is 4.57 Å². The average Bonchev–Trinajstić information content (AvgIpc) is 3.16. The molecular weight excluding hydrogens is 332 g/mol. The van der Waals surface area contributed by atoms with Gasteiger partial charge in [0, 0.05) is 25.1 Å². The lowest BCUT2D eigenvalue weighted by atomic mass is 10.0. The fourth-order valence-corrected chi connectivity index (χ4v) is 2.71. The molecule has 2 N–H and O–H groups in total. The van der Waals surface area contributed by atoms with Crippen LogP contribution in [0.5, 0.6) is 0 Å². The molecule has 6 heteroatoms. The van der Waals surface area contributed by atoms with E-state index in [-0.39, 0.29) is 18.1 Å². The normalized spacial score (nSPS) is 10.5. The van der Waals surface area contributed by atoms with Gasteiger partial charge in [-0.05, 0) is 48.0 Å². The molecule has 0 atom stereocenters. The Kier molecular flexibility index (Phi) is 5.15. The molecule has 0 saturated heterocycles. The van der Waals surface area contributed by atoms with Crippen LogP contribution in [0, 0.1) is 0 Å². The molecule has 0 fully saturated rings. The molecule has 0 radical (unpaired) electrons. The number of nitrogens with one attached hydrogen (secondary N) is 1. The number of amides is 1. The van der Waals surface area contributed by atoms with E-state index < -0.39 is 5.97 Å². The molecule has 0 aliphatic rings. The van der Waals surface area contributed by atoms with Gasteiger partial charge >= 0.3 is 5.97 Å². The minimum absolute atomic E-state index is 0.114. The van der Waals surface area contributed by atoms with Crippen LogP contribution in [0.15, 0.2) is 67.0 Å². The molecule has 0 aliphatic carbocycles. The maximum atomic E-state index is 12.7. The van der Waals surface area contributed by atoms with Gasteiger partial charge in [-0.1, -0.05) is 12.1 Å². The van der Waals surface area contributed by atoms with Crippen molar-refractivity contribution in [3.8, 4) is 5.69 Å². The first kappa shape index (κ1) is 17.4. The summed E-state index contributed by atoms with van der Waals surface area (Å²) in [5.74, 6) is -1.37. The van der Waals surface area contributed by atoms with E-state index in [9.17, 15) is 14.7 Å². The number of para-hydroxylation sites is 2. The van der Waals surface area contributed by atoms with Gasteiger partial charge in [-0.25, -0.2) is 4.79 Å². The zero-order valence-electron chi connectivity index (χ0n) is 14.2. The Labute approximate surface area is 150 Å². The zero-order chi connectivity index (χ0) is 18.5. The Balaban J connectivity index is 1.90. The predicted molar refractivity (Wildman–Crippen MR) is 97.8 cm³/mol. The van der Waals surface area contributed by atoms with E-state index in [2.05, 4.69) is 5.32 Å². The van der Waals surface area contributed by atoms with Crippen LogP contribution >= 0.6 is 0 Å². The Morgan fingerprint density at radius 2 is 1.81 bits per heavy atom. The Morgan fingerprint density at radius 3 is 2.50 bits per heavy atom. The summed E-state index contributed by atoms with van der Waals surface area (Å²) >= 11 is 0. The van der Waals surface area contributed by atoms with Crippen LogP contribution in [-0.2, 0) is 11.3 Å². The molecular formula is C20H18N2O4. The Morgan fingerprint density at radius 1 is 1.08 bits per heavy atom. The molecule has 0 aliphatic heterocycles. The third-order valence-corrected chi connectivity index (χ3v) is 3.93. The molecule has 132 valence electrons. The lowest BCUT2D eigenvalue weighted by Gasteiger charge is -2.13. The summed E-state index contributed by atoms with van der Waals surface area (Å²) in [6.07, 6.45) is 3.78. The van der Waals surface area contributed by atoms with Crippen molar-refractivity contribution in [2.24, 2.45) is 0 Å². The second-order valence-electron chi connectivity index (χ2n) is 5.67. The predicted octanol–water partition coefficient (Wildman–Crippen LogP) is 3.57. The number of methoxy groups -OCH3 is 1. The van der Waals surface area contributed by atoms with Crippen molar-refractivity contribution in [1.29, 1.82) is 0 Å². The third-order valence-electron chi connectivity index (χ3n) is 3.93. The number of rotatable bonds is 6. The molecule has 0 unspecified atom stereocenters. The SMILES string of the molecule is COCc1cc(C(=O)Nc2ccccc2-n2cccc2)ccc1C(=O)O.